The van der Waals surface area contributed by atoms with Gasteiger partial charge in [-0.25, -0.2) is 4.39 Å². The van der Waals surface area contributed by atoms with Gasteiger partial charge in [-0.3, -0.25) is 19.7 Å². The van der Waals surface area contributed by atoms with Crippen molar-refractivity contribution < 1.29 is 9.18 Å². The molecule has 2 aromatic heterocycles. The van der Waals surface area contributed by atoms with E-state index in [1.807, 2.05) is 12.1 Å². The fourth-order valence-corrected chi connectivity index (χ4v) is 3.98. The topological polar surface area (TPSA) is 87.7 Å². The molecule has 1 fully saturated rings. The molecule has 0 radical (unpaired) electrons. The van der Waals surface area contributed by atoms with Crippen LogP contribution in [0.2, 0.25) is 0 Å². The Labute approximate surface area is 161 Å². The Bertz CT molecular complexity index is 1050. The Balaban J connectivity index is 1.67. The van der Waals surface area contributed by atoms with Gasteiger partial charge in [0.05, 0.1) is 11.4 Å². The lowest BCUT2D eigenvalue weighted by molar-refractivity contribution is 0.0905. The lowest BCUT2D eigenvalue weighted by atomic mass is 9.81. The number of H-pyrrole nitrogens is 1. The van der Waals surface area contributed by atoms with Gasteiger partial charge in [-0.05, 0) is 42.5 Å². The molecule has 2 N–H and O–H groups in total. The Morgan fingerprint density at radius 3 is 2.75 bits per heavy atom. The summed E-state index contributed by atoms with van der Waals surface area (Å²) in [4.78, 5) is 29.8. The molecule has 1 aromatic carbocycles. The van der Waals surface area contributed by atoms with E-state index in [0.717, 1.165) is 31.2 Å². The summed E-state index contributed by atoms with van der Waals surface area (Å²) < 4.78 is 13.9. The number of para-hydroxylation sites is 1. The molecule has 1 unspecified atom stereocenters. The maximum atomic E-state index is 13.9. The predicted octanol–water partition coefficient (Wildman–Crippen LogP) is 3.51. The number of aromatic nitrogens is 3. The van der Waals surface area contributed by atoms with E-state index in [1.165, 1.54) is 24.6 Å². The van der Waals surface area contributed by atoms with Gasteiger partial charge in [0.25, 0.3) is 5.91 Å². The number of nitrogens with one attached hydrogen (secondary N) is 2. The molecule has 2 heterocycles. The third-order valence-corrected chi connectivity index (χ3v) is 5.42. The monoisotopic (exact) mass is 380 g/mol. The number of nitrogens with zero attached hydrogens (tertiary/aromatic N) is 2. The average molecular weight is 380 g/mol. The van der Waals surface area contributed by atoms with Crippen molar-refractivity contribution >= 4 is 16.8 Å². The smallest absolute Gasteiger partial charge is 0.276 e. The molecule has 6 nitrogen and oxygen atoms in total. The first kappa shape index (κ1) is 18.3. The van der Waals surface area contributed by atoms with E-state index in [2.05, 4.69) is 20.5 Å². The van der Waals surface area contributed by atoms with Crippen LogP contribution in [0.1, 0.15) is 54.2 Å². The first-order chi connectivity index (χ1) is 13.6. The zero-order valence-electron chi connectivity index (χ0n) is 15.3. The highest BCUT2D eigenvalue weighted by Crippen LogP contribution is 2.34. The molecule has 0 spiro atoms. The van der Waals surface area contributed by atoms with Crippen LogP contribution in [0.15, 0.2) is 47.5 Å². The van der Waals surface area contributed by atoms with E-state index in [4.69, 9.17) is 0 Å². The molecule has 1 atom stereocenters. The summed E-state index contributed by atoms with van der Waals surface area (Å²) in [6, 6.07) is 7.68. The zero-order valence-corrected chi connectivity index (χ0v) is 15.3. The van der Waals surface area contributed by atoms with Crippen LogP contribution < -0.4 is 10.7 Å². The fraction of sp³-hybridized carbons (Fsp3) is 0.333. The molecule has 1 aliphatic rings. The molecule has 0 saturated heterocycles. The Morgan fingerprint density at radius 2 is 2.00 bits per heavy atom. The highest BCUT2D eigenvalue weighted by Gasteiger charge is 2.28. The van der Waals surface area contributed by atoms with Crippen LogP contribution in [0.3, 0.4) is 0 Å². The standard InChI is InChI=1S/C21H21FN4O2/c22-16-10-4-9-15-18(16)25-26-19(20(15)27)21(28)24-17(13-6-2-1-3-7-13)14-8-5-11-23-12-14/h4-5,8-13,17H,1-3,6-7H2,(H,24,28)(H,25,27). The van der Waals surface area contributed by atoms with Crippen molar-refractivity contribution in [3.8, 4) is 0 Å². The average Bonchev–Trinajstić information content (AvgIpc) is 2.74. The zero-order chi connectivity index (χ0) is 19.5. The van der Waals surface area contributed by atoms with Crippen molar-refractivity contribution in [1.82, 2.24) is 20.5 Å². The number of hydrogen-bond acceptors (Lipinski definition) is 4. The van der Waals surface area contributed by atoms with Crippen molar-refractivity contribution in [1.29, 1.82) is 0 Å². The molecule has 0 bridgehead atoms. The molecule has 3 aromatic rings. The van der Waals surface area contributed by atoms with Crippen molar-refractivity contribution in [3.63, 3.8) is 0 Å². The molecule has 0 aliphatic heterocycles. The Hall–Kier alpha value is -3.09. The number of carbonyl (C=O) groups excluding carboxylic acids is 1. The quantitative estimate of drug-likeness (QED) is 0.725. The molecule has 28 heavy (non-hydrogen) atoms. The number of benzene rings is 1. The summed E-state index contributed by atoms with van der Waals surface area (Å²) in [7, 11) is 0. The number of carbonyl (C=O) groups is 1. The molecule has 144 valence electrons. The van der Waals surface area contributed by atoms with E-state index in [0.29, 0.717) is 0 Å². The third kappa shape index (κ3) is 3.52. The maximum Gasteiger partial charge on any atom is 0.276 e. The van der Waals surface area contributed by atoms with Crippen LogP contribution in [0, 0.1) is 11.7 Å². The van der Waals surface area contributed by atoms with Gasteiger partial charge in [-0.1, -0.05) is 31.4 Å². The number of halogens is 1. The van der Waals surface area contributed by atoms with Gasteiger partial charge in [0.2, 0.25) is 5.43 Å². The van der Waals surface area contributed by atoms with Crippen molar-refractivity contribution in [2.45, 2.75) is 38.1 Å². The third-order valence-electron chi connectivity index (χ3n) is 5.42. The van der Waals surface area contributed by atoms with Crippen molar-refractivity contribution in [3.05, 3.63) is 70.0 Å². The number of fused-ring (bicyclic) bond motifs is 1. The minimum absolute atomic E-state index is 0.000130. The lowest BCUT2D eigenvalue weighted by Crippen LogP contribution is -2.37. The summed E-state index contributed by atoms with van der Waals surface area (Å²) in [5.74, 6) is -0.866. The van der Waals surface area contributed by atoms with Gasteiger partial charge in [0, 0.05) is 12.4 Å². The van der Waals surface area contributed by atoms with Crippen LogP contribution in [0.25, 0.3) is 10.9 Å². The fourth-order valence-electron chi connectivity index (χ4n) is 3.98. The number of amides is 1. The van der Waals surface area contributed by atoms with Crippen LogP contribution in [0.5, 0.6) is 0 Å². The van der Waals surface area contributed by atoms with Gasteiger partial charge < -0.3 is 5.32 Å². The van der Waals surface area contributed by atoms with E-state index in [1.54, 1.807) is 12.4 Å². The largest absolute Gasteiger partial charge is 0.343 e. The SMILES string of the molecule is O=C(NC(c1cccnc1)C1CCCCC1)c1n[nH]c2c(F)cccc2c1=O. The van der Waals surface area contributed by atoms with Gasteiger partial charge >= 0.3 is 0 Å². The number of hydrogen-bond donors (Lipinski definition) is 2. The minimum atomic E-state index is -0.584. The Kier molecular flexibility index (Phi) is 5.14. The second-order valence-corrected chi connectivity index (χ2v) is 7.20. The van der Waals surface area contributed by atoms with Gasteiger partial charge in [0.1, 0.15) is 11.3 Å². The van der Waals surface area contributed by atoms with Crippen LogP contribution in [-0.4, -0.2) is 21.1 Å². The van der Waals surface area contributed by atoms with Crippen LogP contribution in [0.4, 0.5) is 4.39 Å². The first-order valence-electron chi connectivity index (χ1n) is 9.53. The highest BCUT2D eigenvalue weighted by atomic mass is 19.1. The lowest BCUT2D eigenvalue weighted by Gasteiger charge is -2.31. The normalized spacial score (nSPS) is 16.0. The molecule has 4 rings (SSSR count). The summed E-state index contributed by atoms with van der Waals surface area (Å²) in [5.41, 5.74) is 0.0632. The van der Waals surface area contributed by atoms with Crippen molar-refractivity contribution in [2.24, 2.45) is 5.92 Å². The molecular formula is C21H21FN4O2. The molecule has 1 saturated carbocycles. The minimum Gasteiger partial charge on any atom is -0.343 e. The van der Waals surface area contributed by atoms with Gasteiger partial charge in [0.15, 0.2) is 5.69 Å². The maximum absolute atomic E-state index is 13.9. The van der Waals surface area contributed by atoms with Gasteiger partial charge in [-0.15, -0.1) is 0 Å². The van der Waals surface area contributed by atoms with E-state index >= 15 is 0 Å². The predicted molar refractivity (Wildman–Crippen MR) is 103 cm³/mol. The summed E-state index contributed by atoms with van der Waals surface area (Å²) in [6.45, 7) is 0. The number of rotatable bonds is 4. The summed E-state index contributed by atoms with van der Waals surface area (Å²) >= 11 is 0. The van der Waals surface area contributed by atoms with Gasteiger partial charge in [-0.2, -0.15) is 5.10 Å². The molecule has 1 aliphatic carbocycles. The summed E-state index contributed by atoms with van der Waals surface area (Å²) in [5, 5.41) is 9.45. The molecule has 1 amide bonds. The van der Waals surface area contributed by atoms with Crippen LogP contribution >= 0.6 is 0 Å². The second kappa shape index (κ2) is 7.88. The van der Waals surface area contributed by atoms with Crippen LogP contribution in [-0.2, 0) is 0 Å². The number of pyridine rings is 1. The highest BCUT2D eigenvalue weighted by molar-refractivity contribution is 5.95. The summed E-state index contributed by atoms with van der Waals surface area (Å²) in [6.07, 6.45) is 8.87. The van der Waals surface area contributed by atoms with E-state index in [9.17, 15) is 14.0 Å². The number of aromatic amines is 1. The molecule has 7 heteroatoms. The van der Waals surface area contributed by atoms with E-state index in [-0.39, 0.29) is 28.6 Å². The second-order valence-electron chi connectivity index (χ2n) is 7.20. The Morgan fingerprint density at radius 1 is 1.18 bits per heavy atom. The molecular weight excluding hydrogens is 359 g/mol. The first-order valence-corrected chi connectivity index (χ1v) is 9.53. The van der Waals surface area contributed by atoms with E-state index < -0.39 is 17.2 Å². The van der Waals surface area contributed by atoms with Crippen molar-refractivity contribution in [2.75, 3.05) is 0 Å².